The molecular weight excluding hydrogens is 316 g/mol. The van der Waals surface area contributed by atoms with E-state index >= 15 is 0 Å². The summed E-state index contributed by atoms with van der Waals surface area (Å²) in [5, 5.41) is 3.97. The molecule has 1 aliphatic rings. The van der Waals surface area contributed by atoms with Gasteiger partial charge in [0.05, 0.1) is 16.7 Å². The molecule has 1 amide bonds. The van der Waals surface area contributed by atoms with Gasteiger partial charge in [0, 0.05) is 37.3 Å². The standard InChI is InChI=1S/C19H22N4O2/c1-3-17-18(12(2)22-25-17)19(24)23-9-5-6-13(11-23)15-10-16-14(21-15)7-4-8-20-16/h4,7-8,10,13,21H,3,5-6,9,11H2,1-2H3. The molecule has 0 spiro atoms. The molecule has 4 rings (SSSR count). The SMILES string of the molecule is CCc1onc(C)c1C(=O)N1CCCC(c2cc3ncccc3[nH]2)C1. The number of piperidine rings is 1. The van der Waals surface area contributed by atoms with Crippen molar-refractivity contribution in [3.8, 4) is 0 Å². The fourth-order valence-electron chi connectivity index (χ4n) is 3.70. The first-order chi connectivity index (χ1) is 12.2. The topological polar surface area (TPSA) is 75.0 Å². The Kier molecular flexibility index (Phi) is 4.03. The first-order valence-electron chi connectivity index (χ1n) is 8.85. The maximum atomic E-state index is 13.0. The van der Waals surface area contributed by atoms with Crippen LogP contribution in [0.2, 0.25) is 0 Å². The van der Waals surface area contributed by atoms with E-state index in [9.17, 15) is 4.79 Å². The highest BCUT2D eigenvalue weighted by Gasteiger charge is 2.30. The lowest BCUT2D eigenvalue weighted by Gasteiger charge is -2.32. The Bertz CT molecular complexity index is 878. The number of carbonyl (C=O) groups excluding carboxylic acids is 1. The molecule has 3 aromatic heterocycles. The molecule has 1 aliphatic heterocycles. The molecule has 1 saturated heterocycles. The second kappa shape index (κ2) is 6.35. The molecule has 6 heteroatoms. The van der Waals surface area contributed by atoms with Crippen molar-refractivity contribution in [1.82, 2.24) is 20.0 Å². The number of carbonyl (C=O) groups is 1. The van der Waals surface area contributed by atoms with Crippen molar-refractivity contribution in [2.75, 3.05) is 13.1 Å². The lowest BCUT2D eigenvalue weighted by Crippen LogP contribution is -2.39. The highest BCUT2D eigenvalue weighted by molar-refractivity contribution is 5.96. The fourth-order valence-corrected chi connectivity index (χ4v) is 3.70. The second-order valence-corrected chi connectivity index (χ2v) is 6.67. The number of rotatable bonds is 3. The maximum Gasteiger partial charge on any atom is 0.259 e. The Hall–Kier alpha value is -2.63. The third-order valence-electron chi connectivity index (χ3n) is 5.03. The normalized spacial score (nSPS) is 18.0. The molecule has 0 bridgehead atoms. The predicted molar refractivity (Wildman–Crippen MR) is 94.6 cm³/mol. The number of aromatic nitrogens is 3. The van der Waals surface area contributed by atoms with Crippen molar-refractivity contribution in [2.45, 2.75) is 39.0 Å². The van der Waals surface area contributed by atoms with Gasteiger partial charge in [-0.2, -0.15) is 0 Å². The molecule has 0 aromatic carbocycles. The minimum Gasteiger partial charge on any atom is -0.360 e. The summed E-state index contributed by atoms with van der Waals surface area (Å²) in [5.74, 6) is 1.02. The quantitative estimate of drug-likeness (QED) is 0.794. The Labute approximate surface area is 146 Å². The minimum atomic E-state index is 0.0366. The molecule has 0 aliphatic carbocycles. The zero-order valence-electron chi connectivity index (χ0n) is 14.6. The van der Waals surface area contributed by atoms with Gasteiger partial charge in [0.1, 0.15) is 11.3 Å². The van der Waals surface area contributed by atoms with Crippen molar-refractivity contribution < 1.29 is 9.32 Å². The van der Waals surface area contributed by atoms with Crippen LogP contribution in [0.25, 0.3) is 11.0 Å². The van der Waals surface area contributed by atoms with E-state index in [-0.39, 0.29) is 5.91 Å². The average Bonchev–Trinajstić information content (AvgIpc) is 3.24. The summed E-state index contributed by atoms with van der Waals surface area (Å²) in [6.45, 7) is 5.30. The molecule has 130 valence electrons. The number of hydrogen-bond donors (Lipinski definition) is 1. The Balaban J connectivity index is 1.58. The molecular formula is C19H22N4O2. The fraction of sp³-hybridized carbons (Fsp3) is 0.421. The lowest BCUT2D eigenvalue weighted by molar-refractivity contribution is 0.0703. The van der Waals surface area contributed by atoms with E-state index in [1.54, 1.807) is 6.20 Å². The zero-order valence-corrected chi connectivity index (χ0v) is 14.6. The van der Waals surface area contributed by atoms with E-state index in [1.807, 2.05) is 30.9 Å². The van der Waals surface area contributed by atoms with Gasteiger partial charge in [-0.15, -0.1) is 0 Å². The monoisotopic (exact) mass is 338 g/mol. The van der Waals surface area contributed by atoms with Crippen LogP contribution in [0.4, 0.5) is 0 Å². The number of nitrogens with zero attached hydrogens (tertiary/aromatic N) is 3. The van der Waals surface area contributed by atoms with Gasteiger partial charge in [0.25, 0.3) is 5.91 Å². The van der Waals surface area contributed by atoms with Crippen LogP contribution in [0.5, 0.6) is 0 Å². The minimum absolute atomic E-state index is 0.0366. The van der Waals surface area contributed by atoms with Crippen LogP contribution in [0.1, 0.15) is 53.2 Å². The van der Waals surface area contributed by atoms with E-state index in [0.29, 0.717) is 35.9 Å². The number of aromatic amines is 1. The molecule has 25 heavy (non-hydrogen) atoms. The largest absolute Gasteiger partial charge is 0.360 e. The van der Waals surface area contributed by atoms with Gasteiger partial charge in [-0.25, -0.2) is 0 Å². The van der Waals surface area contributed by atoms with Crippen molar-refractivity contribution in [3.63, 3.8) is 0 Å². The van der Waals surface area contributed by atoms with Gasteiger partial charge < -0.3 is 14.4 Å². The molecule has 0 saturated carbocycles. The molecule has 6 nitrogen and oxygen atoms in total. The Morgan fingerprint density at radius 3 is 3.16 bits per heavy atom. The highest BCUT2D eigenvalue weighted by atomic mass is 16.5. The molecule has 3 aromatic rings. The van der Waals surface area contributed by atoms with E-state index in [1.165, 1.54) is 0 Å². The van der Waals surface area contributed by atoms with Crippen LogP contribution < -0.4 is 0 Å². The number of aryl methyl sites for hydroxylation is 2. The molecule has 1 fully saturated rings. The van der Waals surface area contributed by atoms with Crippen molar-refractivity contribution >= 4 is 16.9 Å². The third kappa shape index (κ3) is 2.81. The first-order valence-corrected chi connectivity index (χ1v) is 8.85. The van der Waals surface area contributed by atoms with Crippen LogP contribution in [-0.2, 0) is 6.42 Å². The van der Waals surface area contributed by atoms with E-state index in [2.05, 4.69) is 21.2 Å². The average molecular weight is 338 g/mol. The number of amides is 1. The zero-order chi connectivity index (χ0) is 17.4. The first kappa shape index (κ1) is 15.9. The maximum absolute atomic E-state index is 13.0. The molecule has 0 radical (unpaired) electrons. The third-order valence-corrected chi connectivity index (χ3v) is 5.03. The van der Waals surface area contributed by atoms with Gasteiger partial charge in [0.2, 0.25) is 0 Å². The number of pyridine rings is 1. The van der Waals surface area contributed by atoms with Crippen LogP contribution in [0.3, 0.4) is 0 Å². The summed E-state index contributed by atoms with van der Waals surface area (Å²) in [6, 6.07) is 6.07. The lowest BCUT2D eigenvalue weighted by atomic mass is 9.94. The summed E-state index contributed by atoms with van der Waals surface area (Å²) >= 11 is 0. The van der Waals surface area contributed by atoms with Crippen molar-refractivity contribution in [2.24, 2.45) is 0 Å². The molecule has 1 unspecified atom stereocenters. The summed E-state index contributed by atoms with van der Waals surface area (Å²) in [5.41, 5.74) is 4.50. The summed E-state index contributed by atoms with van der Waals surface area (Å²) in [7, 11) is 0. The summed E-state index contributed by atoms with van der Waals surface area (Å²) in [6.07, 6.45) is 4.54. The molecule has 1 atom stereocenters. The van der Waals surface area contributed by atoms with Crippen LogP contribution in [0, 0.1) is 6.92 Å². The van der Waals surface area contributed by atoms with Gasteiger partial charge in [-0.3, -0.25) is 9.78 Å². The number of H-pyrrole nitrogens is 1. The van der Waals surface area contributed by atoms with E-state index < -0.39 is 0 Å². The van der Waals surface area contributed by atoms with Gasteiger partial charge in [0.15, 0.2) is 0 Å². The van der Waals surface area contributed by atoms with Gasteiger partial charge in [-0.1, -0.05) is 12.1 Å². The Morgan fingerprint density at radius 1 is 1.48 bits per heavy atom. The van der Waals surface area contributed by atoms with Crippen LogP contribution in [0.15, 0.2) is 28.9 Å². The highest BCUT2D eigenvalue weighted by Crippen LogP contribution is 2.30. The molecule has 1 N–H and O–H groups in total. The molecule has 4 heterocycles. The predicted octanol–water partition coefficient (Wildman–Crippen LogP) is 3.44. The van der Waals surface area contributed by atoms with Crippen molar-refractivity contribution in [3.05, 3.63) is 47.1 Å². The van der Waals surface area contributed by atoms with Crippen molar-refractivity contribution in [1.29, 1.82) is 0 Å². The number of hydrogen-bond acceptors (Lipinski definition) is 4. The smallest absolute Gasteiger partial charge is 0.259 e. The van der Waals surface area contributed by atoms with Crippen LogP contribution in [-0.4, -0.2) is 39.0 Å². The number of likely N-dealkylation sites (tertiary alicyclic amines) is 1. The number of fused-ring (bicyclic) bond motifs is 1. The second-order valence-electron chi connectivity index (χ2n) is 6.67. The van der Waals surface area contributed by atoms with Gasteiger partial charge in [-0.05, 0) is 38.0 Å². The number of nitrogens with one attached hydrogen (secondary N) is 1. The van der Waals surface area contributed by atoms with Gasteiger partial charge >= 0.3 is 0 Å². The Morgan fingerprint density at radius 2 is 2.36 bits per heavy atom. The van der Waals surface area contributed by atoms with E-state index in [4.69, 9.17) is 4.52 Å². The summed E-state index contributed by atoms with van der Waals surface area (Å²) in [4.78, 5) is 22.8. The van der Waals surface area contributed by atoms with Crippen LogP contribution >= 0.6 is 0 Å². The van der Waals surface area contributed by atoms with E-state index in [0.717, 1.165) is 36.1 Å². The summed E-state index contributed by atoms with van der Waals surface area (Å²) < 4.78 is 5.30.